The first-order valence-corrected chi connectivity index (χ1v) is 12.2. The number of nitrogens with zero attached hydrogens (tertiary/aromatic N) is 9. The van der Waals surface area contributed by atoms with Gasteiger partial charge in [-0.2, -0.15) is 9.97 Å². The monoisotopic (exact) mass is 515 g/mol. The highest BCUT2D eigenvalue weighted by Gasteiger charge is 2.23. The van der Waals surface area contributed by atoms with Crippen molar-refractivity contribution < 1.29 is 0 Å². The SMILES string of the molecule is CNc1cc(N)cc2ncn(-c3nc4ncnc5nc(-n6cnc7cc(N)cc(NC)c76)c6ccc3c6n45)c12. The molecule has 6 N–H and O–H groups in total. The lowest BCUT2D eigenvalue weighted by molar-refractivity contribution is 0.958. The highest BCUT2D eigenvalue weighted by atomic mass is 15.2. The molecule has 0 saturated carbocycles. The molecule has 0 aliphatic carbocycles. The second-order valence-electron chi connectivity index (χ2n) is 9.29. The minimum Gasteiger partial charge on any atom is -0.399 e. The normalized spacial score (nSPS) is 12.1. The van der Waals surface area contributed by atoms with Crippen molar-refractivity contribution in [1.82, 2.24) is 43.4 Å². The summed E-state index contributed by atoms with van der Waals surface area (Å²) < 4.78 is 5.80. The average Bonchev–Trinajstić information content (AvgIpc) is 3.68. The number of imidazole rings is 2. The molecule has 13 nitrogen and oxygen atoms in total. The van der Waals surface area contributed by atoms with Gasteiger partial charge in [0.25, 0.3) is 0 Å². The molecule has 0 atom stereocenters. The molecular formula is C26H21N13. The summed E-state index contributed by atoms with van der Waals surface area (Å²) in [5, 5.41) is 8.25. The summed E-state index contributed by atoms with van der Waals surface area (Å²) >= 11 is 0. The molecule has 13 heteroatoms. The minimum atomic E-state index is 0.472. The molecule has 0 unspecified atom stereocenters. The van der Waals surface area contributed by atoms with Gasteiger partial charge in [-0.1, -0.05) is 0 Å². The van der Waals surface area contributed by atoms with Gasteiger partial charge < -0.3 is 22.1 Å². The Morgan fingerprint density at radius 3 is 1.59 bits per heavy atom. The van der Waals surface area contributed by atoms with Crippen LogP contribution in [-0.4, -0.2) is 57.5 Å². The predicted octanol–water partition coefficient (Wildman–Crippen LogP) is 3.19. The molecule has 0 saturated heterocycles. The standard InChI is InChI=1S/C26H21N13/c1-29-16-5-12(27)7-18-21(16)37(10-33-18)23-14-3-4-15-20(14)39-25(35-23)31-9-32-26(39)36-24(15)38-11-34-19-8-13(28)6-17(30-2)22(19)38/h3-11,29-30H,27-28H2,1-2H3. The third-order valence-electron chi connectivity index (χ3n) is 7.12. The van der Waals surface area contributed by atoms with E-state index in [1.54, 1.807) is 12.7 Å². The first-order chi connectivity index (χ1) is 19.1. The number of nitrogen functional groups attached to an aromatic ring is 2. The summed E-state index contributed by atoms with van der Waals surface area (Å²) in [6.07, 6.45) is 4.98. The van der Waals surface area contributed by atoms with Crippen molar-refractivity contribution in [1.29, 1.82) is 0 Å². The lowest BCUT2D eigenvalue weighted by Gasteiger charge is -2.15. The van der Waals surface area contributed by atoms with Crippen molar-refractivity contribution in [3.63, 3.8) is 0 Å². The van der Waals surface area contributed by atoms with Crippen molar-refractivity contribution in [2.24, 2.45) is 0 Å². The van der Waals surface area contributed by atoms with Crippen LogP contribution in [0.1, 0.15) is 0 Å². The number of anilines is 4. The predicted molar refractivity (Wildman–Crippen MR) is 152 cm³/mol. The molecule has 3 aromatic carbocycles. The van der Waals surface area contributed by atoms with Crippen LogP contribution in [-0.2, 0) is 0 Å². The van der Waals surface area contributed by atoms with Gasteiger partial charge in [0.1, 0.15) is 19.0 Å². The van der Waals surface area contributed by atoms with E-state index >= 15 is 0 Å². The fraction of sp³-hybridized carbons (Fsp3) is 0.0769. The van der Waals surface area contributed by atoms with Gasteiger partial charge in [-0.15, -0.1) is 0 Å². The number of aromatic nitrogens is 9. The molecule has 5 aromatic heterocycles. The van der Waals surface area contributed by atoms with Crippen LogP contribution in [0.5, 0.6) is 0 Å². The summed E-state index contributed by atoms with van der Waals surface area (Å²) in [6.45, 7) is 0. The van der Waals surface area contributed by atoms with E-state index in [4.69, 9.17) is 21.4 Å². The van der Waals surface area contributed by atoms with E-state index in [0.29, 0.717) is 34.6 Å². The van der Waals surface area contributed by atoms with E-state index in [1.807, 2.05) is 64.0 Å². The van der Waals surface area contributed by atoms with Crippen molar-refractivity contribution in [3.8, 4) is 11.6 Å². The molecule has 0 radical (unpaired) electrons. The van der Waals surface area contributed by atoms with E-state index in [1.165, 1.54) is 6.33 Å². The zero-order valence-electron chi connectivity index (χ0n) is 20.9. The van der Waals surface area contributed by atoms with Gasteiger partial charge in [0.2, 0.25) is 11.6 Å². The van der Waals surface area contributed by atoms with Crippen LogP contribution in [0.3, 0.4) is 0 Å². The molecule has 5 heterocycles. The summed E-state index contributed by atoms with van der Waals surface area (Å²) in [7, 11) is 3.71. The maximum Gasteiger partial charge on any atom is 0.240 e. The van der Waals surface area contributed by atoms with Gasteiger partial charge in [-0.05, 0) is 36.4 Å². The van der Waals surface area contributed by atoms with Crippen LogP contribution in [0, 0.1) is 0 Å². The zero-order chi connectivity index (χ0) is 26.4. The molecule has 8 aromatic rings. The van der Waals surface area contributed by atoms with Crippen molar-refractivity contribution >= 4 is 72.7 Å². The molecule has 0 spiro atoms. The summed E-state index contributed by atoms with van der Waals surface area (Å²) in [5.41, 5.74) is 19.3. The van der Waals surface area contributed by atoms with Gasteiger partial charge in [0.05, 0.1) is 39.0 Å². The lowest BCUT2D eigenvalue weighted by atomic mass is 10.2. The number of benzene rings is 2. The fourth-order valence-electron chi connectivity index (χ4n) is 5.49. The lowest BCUT2D eigenvalue weighted by Crippen LogP contribution is -2.10. The first-order valence-electron chi connectivity index (χ1n) is 12.2. The van der Waals surface area contributed by atoms with Gasteiger partial charge in [0.15, 0.2) is 11.6 Å². The molecule has 0 bridgehead atoms. The first kappa shape index (κ1) is 21.4. The van der Waals surface area contributed by atoms with Crippen molar-refractivity contribution in [2.45, 2.75) is 0 Å². The van der Waals surface area contributed by atoms with E-state index in [-0.39, 0.29) is 0 Å². The molecule has 190 valence electrons. The molecular weight excluding hydrogens is 494 g/mol. The smallest absolute Gasteiger partial charge is 0.240 e. The van der Waals surface area contributed by atoms with E-state index < -0.39 is 0 Å². The largest absolute Gasteiger partial charge is 0.399 e. The Labute approximate surface area is 219 Å². The average molecular weight is 516 g/mol. The third-order valence-corrected chi connectivity index (χ3v) is 7.12. The van der Waals surface area contributed by atoms with Crippen molar-refractivity contribution in [2.75, 3.05) is 36.2 Å². The Morgan fingerprint density at radius 1 is 0.641 bits per heavy atom. The Hall–Kier alpha value is -5.72. The molecule has 0 aliphatic heterocycles. The highest BCUT2D eigenvalue weighted by molar-refractivity contribution is 6.08. The van der Waals surface area contributed by atoms with Gasteiger partial charge >= 0.3 is 0 Å². The Morgan fingerprint density at radius 2 is 1.13 bits per heavy atom. The second kappa shape index (κ2) is 7.41. The van der Waals surface area contributed by atoms with Gasteiger partial charge in [-0.25, -0.2) is 24.3 Å². The van der Waals surface area contributed by atoms with E-state index in [0.717, 1.165) is 49.7 Å². The highest BCUT2D eigenvalue weighted by Crippen LogP contribution is 2.37. The second-order valence-corrected chi connectivity index (χ2v) is 9.29. The topological polar surface area (TPSA) is 168 Å². The van der Waals surface area contributed by atoms with Gasteiger partial charge in [-0.3, -0.25) is 9.13 Å². The third kappa shape index (κ3) is 2.77. The molecule has 0 amide bonds. The van der Waals surface area contributed by atoms with Crippen LogP contribution in [0.2, 0.25) is 0 Å². The Bertz CT molecular complexity index is 2080. The summed E-state index contributed by atoms with van der Waals surface area (Å²) in [4.78, 5) is 28.1. The van der Waals surface area contributed by atoms with E-state index in [2.05, 4.69) is 30.6 Å². The van der Waals surface area contributed by atoms with Crippen LogP contribution in [0.15, 0.2) is 55.4 Å². The van der Waals surface area contributed by atoms with Crippen molar-refractivity contribution in [3.05, 3.63) is 55.4 Å². The number of hydrogen-bond donors (Lipinski definition) is 4. The molecule has 0 aliphatic rings. The Kier molecular flexibility index (Phi) is 4.06. The quantitative estimate of drug-likeness (QED) is 0.255. The number of nitrogens with two attached hydrogens (primary N) is 2. The Balaban J connectivity index is 1.49. The molecule has 8 rings (SSSR count). The number of nitrogens with one attached hydrogen (secondary N) is 2. The van der Waals surface area contributed by atoms with Gasteiger partial charge in [0, 0.05) is 36.2 Å². The maximum absolute atomic E-state index is 6.11. The van der Waals surface area contributed by atoms with Crippen LogP contribution in [0.25, 0.3) is 61.5 Å². The fourth-order valence-corrected chi connectivity index (χ4v) is 5.49. The van der Waals surface area contributed by atoms with Crippen LogP contribution >= 0.6 is 0 Å². The number of hydrogen-bond acceptors (Lipinski definition) is 10. The van der Waals surface area contributed by atoms with Crippen LogP contribution < -0.4 is 22.1 Å². The number of rotatable bonds is 4. The molecule has 0 fully saturated rings. The maximum atomic E-state index is 6.11. The summed E-state index contributed by atoms with van der Waals surface area (Å²) in [6, 6.07) is 11.5. The van der Waals surface area contributed by atoms with E-state index in [9.17, 15) is 0 Å². The van der Waals surface area contributed by atoms with Crippen LogP contribution in [0.4, 0.5) is 22.7 Å². The summed E-state index contributed by atoms with van der Waals surface area (Å²) in [5.74, 6) is 2.32. The number of fused-ring (bicyclic) bond motifs is 2. The zero-order valence-corrected chi connectivity index (χ0v) is 20.9. The minimum absolute atomic E-state index is 0.472. The molecule has 39 heavy (non-hydrogen) atoms.